The van der Waals surface area contributed by atoms with Crippen LogP contribution in [-0.2, 0) is 4.79 Å². The van der Waals surface area contributed by atoms with Crippen LogP contribution in [0.25, 0.3) is 11.0 Å². The molecule has 0 aliphatic carbocycles. The second kappa shape index (κ2) is 10.4. The number of hydrogen-bond acceptors (Lipinski definition) is 4. The largest absolute Gasteiger partial charge is 1.00 e. The van der Waals surface area contributed by atoms with Crippen LogP contribution < -0.4 is 17.7 Å². The highest BCUT2D eigenvalue weighted by Gasteiger charge is 2.21. The lowest BCUT2D eigenvalue weighted by molar-refractivity contribution is -0.870. The Morgan fingerprint density at radius 3 is 2.20 bits per heavy atom. The fraction of sp³-hybridized carbons (Fsp3) is 0.409. The molecule has 0 fully saturated rings. The predicted octanol–water partition coefficient (Wildman–Crippen LogP) is -0.277. The molecule has 1 unspecified atom stereocenters. The number of nitrogens with one attached hydrogen (secondary N) is 1. The van der Waals surface area contributed by atoms with Gasteiger partial charge in [-0.25, -0.2) is 0 Å². The van der Waals surface area contributed by atoms with Crippen molar-refractivity contribution in [2.45, 2.75) is 25.3 Å². The Bertz CT molecular complexity index is 917. The van der Waals surface area contributed by atoms with Gasteiger partial charge in [0.1, 0.15) is 22.8 Å². The van der Waals surface area contributed by atoms with Crippen molar-refractivity contribution in [3.05, 3.63) is 54.1 Å². The van der Waals surface area contributed by atoms with Gasteiger partial charge < -0.3 is 27.3 Å². The number of nitrogens with zero attached hydrogens (tertiary/aromatic N) is 4. The molecule has 1 amide bonds. The monoisotopic (exact) mass is 431 g/mol. The van der Waals surface area contributed by atoms with E-state index < -0.39 is 0 Å². The molecule has 0 saturated carbocycles. The lowest BCUT2D eigenvalue weighted by Gasteiger charge is -2.23. The fourth-order valence-corrected chi connectivity index (χ4v) is 3.23. The maximum absolute atomic E-state index is 12.6. The highest BCUT2D eigenvalue weighted by Crippen LogP contribution is 2.24. The molecule has 1 aromatic heterocycles. The quantitative estimate of drug-likeness (QED) is 0.361. The molecule has 0 spiro atoms. The van der Waals surface area contributed by atoms with Crippen LogP contribution in [-0.4, -0.2) is 64.7 Å². The zero-order valence-electron chi connectivity index (χ0n) is 17.8. The van der Waals surface area contributed by atoms with E-state index in [0.29, 0.717) is 6.54 Å². The van der Waals surface area contributed by atoms with Crippen molar-refractivity contribution in [3.63, 3.8) is 0 Å². The van der Waals surface area contributed by atoms with Gasteiger partial charge in [-0.3, -0.25) is 4.79 Å². The molecule has 0 radical (unpaired) electrons. The maximum atomic E-state index is 12.6. The smallest absolute Gasteiger partial charge is 0.222 e. The van der Waals surface area contributed by atoms with E-state index in [4.69, 9.17) is 0 Å². The Balaban J connectivity index is 0.00000320. The van der Waals surface area contributed by atoms with Gasteiger partial charge in [-0.1, -0.05) is 24.3 Å². The van der Waals surface area contributed by atoms with Gasteiger partial charge in [0, 0.05) is 6.54 Å². The average Bonchev–Trinajstić information content (AvgIpc) is 3.09. The zero-order valence-corrected chi connectivity index (χ0v) is 18.5. The summed E-state index contributed by atoms with van der Waals surface area (Å²) in [6, 6.07) is 14.2. The summed E-state index contributed by atoms with van der Waals surface area (Å²) in [5, 5.41) is 21.8. The highest BCUT2D eigenvalue weighted by atomic mass is 35.5. The molecule has 0 saturated heterocycles. The Labute approximate surface area is 183 Å². The van der Waals surface area contributed by atoms with E-state index in [1.54, 1.807) is 16.9 Å². The minimum Gasteiger partial charge on any atom is -1.00 e. The molecule has 0 bridgehead atoms. The molecular formula is C22H30ClN5O2. The predicted molar refractivity (Wildman–Crippen MR) is 114 cm³/mol. The van der Waals surface area contributed by atoms with Crippen molar-refractivity contribution in [3.8, 4) is 5.75 Å². The number of rotatable bonds is 9. The number of benzene rings is 2. The molecule has 2 N–H and O–H groups in total. The summed E-state index contributed by atoms with van der Waals surface area (Å²) in [5.41, 5.74) is 2.46. The van der Waals surface area contributed by atoms with Crippen LogP contribution in [0.4, 0.5) is 0 Å². The first-order valence-corrected chi connectivity index (χ1v) is 9.99. The number of unbranched alkanes of at least 4 members (excludes halogenated alkanes) is 1. The summed E-state index contributed by atoms with van der Waals surface area (Å²) in [5.74, 6) is 0.155. The van der Waals surface area contributed by atoms with Gasteiger partial charge in [0.25, 0.3) is 0 Å². The molecule has 8 heteroatoms. The molecule has 7 nitrogen and oxygen atoms in total. The Hall–Kier alpha value is -2.64. The molecular weight excluding hydrogens is 402 g/mol. The maximum Gasteiger partial charge on any atom is 0.222 e. The summed E-state index contributed by atoms with van der Waals surface area (Å²) in [6.07, 6.45) is 2.26. The minimum absolute atomic E-state index is 0. The summed E-state index contributed by atoms with van der Waals surface area (Å²) >= 11 is 0. The SMILES string of the molecule is C[N+](C)(C)CCCCNC(=O)CC(c1ccc(O)cc1)n1nc2ccccc2n1.[Cl-]. The van der Waals surface area contributed by atoms with Crippen molar-refractivity contribution in [2.24, 2.45) is 0 Å². The third-order valence-electron chi connectivity index (χ3n) is 4.82. The number of carbonyl (C=O) groups excluding carboxylic acids is 1. The molecule has 1 atom stereocenters. The first-order chi connectivity index (χ1) is 13.8. The molecule has 2 aromatic carbocycles. The van der Waals surface area contributed by atoms with Crippen LogP contribution in [0.15, 0.2) is 48.5 Å². The van der Waals surface area contributed by atoms with Crippen molar-refractivity contribution in [2.75, 3.05) is 34.2 Å². The number of quaternary nitrogens is 1. The Kier molecular flexibility index (Phi) is 8.20. The van der Waals surface area contributed by atoms with Crippen LogP contribution >= 0.6 is 0 Å². The van der Waals surface area contributed by atoms with Gasteiger partial charge in [0.2, 0.25) is 5.91 Å². The number of phenolic OH excluding ortho intramolecular Hbond substituents is 1. The van der Waals surface area contributed by atoms with E-state index in [1.165, 1.54) is 0 Å². The number of hydrogen-bond donors (Lipinski definition) is 2. The molecule has 3 rings (SSSR count). The topological polar surface area (TPSA) is 80.0 Å². The van der Waals surface area contributed by atoms with E-state index in [0.717, 1.165) is 40.5 Å². The lowest BCUT2D eigenvalue weighted by atomic mass is 10.0. The van der Waals surface area contributed by atoms with Crippen molar-refractivity contribution < 1.29 is 26.8 Å². The summed E-state index contributed by atoms with van der Waals surface area (Å²) in [4.78, 5) is 14.2. The summed E-state index contributed by atoms with van der Waals surface area (Å²) in [7, 11) is 6.51. The number of amides is 1. The van der Waals surface area contributed by atoms with Crippen LogP contribution in [0, 0.1) is 0 Å². The van der Waals surface area contributed by atoms with Crippen LogP contribution in [0.1, 0.15) is 30.9 Å². The van der Waals surface area contributed by atoms with Crippen LogP contribution in [0.3, 0.4) is 0 Å². The summed E-state index contributed by atoms with van der Waals surface area (Å²) < 4.78 is 0.926. The van der Waals surface area contributed by atoms with Gasteiger partial charge in [-0.15, -0.1) is 0 Å². The molecule has 30 heavy (non-hydrogen) atoms. The first-order valence-electron chi connectivity index (χ1n) is 9.99. The molecule has 0 aliphatic heterocycles. The van der Waals surface area contributed by atoms with Gasteiger partial charge >= 0.3 is 0 Å². The van der Waals surface area contributed by atoms with E-state index in [-0.39, 0.29) is 36.5 Å². The minimum atomic E-state index is -0.339. The number of fused-ring (bicyclic) bond motifs is 1. The highest BCUT2D eigenvalue weighted by molar-refractivity contribution is 5.77. The third-order valence-corrected chi connectivity index (χ3v) is 4.82. The lowest BCUT2D eigenvalue weighted by Crippen LogP contribution is -3.00. The summed E-state index contributed by atoms with van der Waals surface area (Å²) in [6.45, 7) is 1.74. The van der Waals surface area contributed by atoms with Crippen molar-refractivity contribution in [1.82, 2.24) is 20.3 Å². The molecule has 162 valence electrons. The number of aromatic hydroxyl groups is 1. The average molecular weight is 432 g/mol. The van der Waals surface area contributed by atoms with Gasteiger partial charge in [-0.05, 0) is 42.7 Å². The number of aromatic nitrogens is 3. The standard InChI is InChI=1S/C22H29N5O2.ClH/c1-27(2,3)15-7-6-14-23-22(29)16-21(17-10-12-18(28)13-11-17)26-24-19-8-4-5-9-20(19)25-26;/h4-5,8-13,21H,6-7,14-16H2,1-3H3,(H-,23,28,29);1H. The first kappa shape index (κ1) is 23.6. The van der Waals surface area contributed by atoms with Crippen molar-refractivity contribution in [1.29, 1.82) is 0 Å². The van der Waals surface area contributed by atoms with E-state index in [2.05, 4.69) is 36.7 Å². The van der Waals surface area contributed by atoms with Crippen LogP contribution in [0.2, 0.25) is 0 Å². The van der Waals surface area contributed by atoms with Gasteiger partial charge in [-0.2, -0.15) is 15.0 Å². The van der Waals surface area contributed by atoms with Crippen LogP contribution in [0.5, 0.6) is 5.75 Å². The third kappa shape index (κ3) is 6.71. The van der Waals surface area contributed by atoms with Gasteiger partial charge in [0.15, 0.2) is 0 Å². The number of halogens is 1. The molecule has 1 heterocycles. The van der Waals surface area contributed by atoms with Crippen molar-refractivity contribution >= 4 is 16.9 Å². The van der Waals surface area contributed by atoms with E-state index >= 15 is 0 Å². The molecule has 0 aliphatic rings. The van der Waals surface area contributed by atoms with E-state index in [1.807, 2.05) is 36.4 Å². The van der Waals surface area contributed by atoms with Gasteiger partial charge in [0.05, 0.1) is 34.1 Å². The second-order valence-electron chi connectivity index (χ2n) is 8.39. The number of carbonyl (C=O) groups is 1. The normalized spacial score (nSPS) is 12.4. The number of phenols is 1. The Morgan fingerprint density at radius 2 is 1.63 bits per heavy atom. The second-order valence-corrected chi connectivity index (χ2v) is 8.39. The van der Waals surface area contributed by atoms with E-state index in [9.17, 15) is 9.90 Å². The zero-order chi connectivity index (χ0) is 20.9. The fourth-order valence-electron chi connectivity index (χ4n) is 3.23. The Morgan fingerprint density at radius 1 is 1.03 bits per heavy atom. The molecule has 3 aromatic rings.